The Balaban J connectivity index is 1.76. The quantitative estimate of drug-likeness (QED) is 0.861. The van der Waals surface area contributed by atoms with Gasteiger partial charge in [0.15, 0.2) is 0 Å². The van der Waals surface area contributed by atoms with Gasteiger partial charge in [-0.1, -0.05) is 6.07 Å². The number of hydrogen-bond donors (Lipinski definition) is 2. The highest BCUT2D eigenvalue weighted by atomic mass is 32.2. The molecule has 0 spiro atoms. The molecule has 17 heavy (non-hydrogen) atoms. The van der Waals surface area contributed by atoms with Crippen LogP contribution in [0.3, 0.4) is 0 Å². The molecule has 1 unspecified atom stereocenters. The molecular weight excluding hydrogens is 239 g/mol. The number of halogens is 1. The Morgan fingerprint density at radius 1 is 1.59 bits per heavy atom. The van der Waals surface area contributed by atoms with E-state index in [1.807, 2.05) is 0 Å². The Morgan fingerprint density at radius 3 is 3.18 bits per heavy atom. The van der Waals surface area contributed by atoms with E-state index in [2.05, 4.69) is 10.6 Å². The summed E-state index contributed by atoms with van der Waals surface area (Å²) in [7, 11) is 0. The molecule has 1 atom stereocenters. The lowest BCUT2D eigenvalue weighted by Gasteiger charge is -2.08. The molecule has 3 nitrogen and oxygen atoms in total. The molecule has 2 N–H and O–H groups in total. The zero-order valence-electron chi connectivity index (χ0n) is 9.41. The van der Waals surface area contributed by atoms with Crippen LogP contribution in [-0.2, 0) is 4.79 Å². The summed E-state index contributed by atoms with van der Waals surface area (Å²) in [6.45, 7) is 2.00. The van der Waals surface area contributed by atoms with Gasteiger partial charge in [-0.15, -0.1) is 11.8 Å². The van der Waals surface area contributed by atoms with E-state index < -0.39 is 0 Å². The molecule has 1 fully saturated rings. The summed E-state index contributed by atoms with van der Waals surface area (Å²) in [5.41, 5.74) is 0.514. The number of hydrogen-bond acceptors (Lipinski definition) is 3. The molecule has 1 aromatic rings. The smallest absolute Gasteiger partial charge is 0.234 e. The number of rotatable bonds is 4. The third-order valence-corrected chi connectivity index (χ3v) is 3.88. The Labute approximate surface area is 104 Å². The van der Waals surface area contributed by atoms with E-state index in [0.717, 1.165) is 19.5 Å². The molecule has 5 heteroatoms. The van der Waals surface area contributed by atoms with Gasteiger partial charge in [0.1, 0.15) is 5.82 Å². The maximum Gasteiger partial charge on any atom is 0.234 e. The number of carbonyl (C=O) groups is 1. The Morgan fingerprint density at radius 2 is 2.47 bits per heavy atom. The lowest BCUT2D eigenvalue weighted by atomic mass is 10.3. The Hall–Kier alpha value is -1.07. The van der Waals surface area contributed by atoms with Crippen molar-refractivity contribution in [2.45, 2.75) is 11.7 Å². The van der Waals surface area contributed by atoms with Crippen molar-refractivity contribution in [1.82, 2.24) is 5.32 Å². The van der Waals surface area contributed by atoms with Gasteiger partial charge in [0.2, 0.25) is 5.91 Å². The summed E-state index contributed by atoms with van der Waals surface area (Å²) < 4.78 is 12.9. The minimum Gasteiger partial charge on any atom is -0.325 e. The van der Waals surface area contributed by atoms with Gasteiger partial charge in [-0.3, -0.25) is 4.79 Å². The Kier molecular flexibility index (Phi) is 4.39. The van der Waals surface area contributed by atoms with Crippen LogP contribution in [-0.4, -0.2) is 30.0 Å². The van der Waals surface area contributed by atoms with Crippen LogP contribution in [0.2, 0.25) is 0 Å². The molecule has 1 saturated heterocycles. The van der Waals surface area contributed by atoms with E-state index >= 15 is 0 Å². The third-order valence-electron chi connectivity index (χ3n) is 2.57. The lowest BCUT2D eigenvalue weighted by Crippen LogP contribution is -2.17. The predicted octanol–water partition coefficient (Wildman–Crippen LogP) is 1.86. The van der Waals surface area contributed by atoms with Crippen LogP contribution in [0.5, 0.6) is 0 Å². The minimum atomic E-state index is -0.338. The molecule has 0 aliphatic carbocycles. The van der Waals surface area contributed by atoms with Gasteiger partial charge in [-0.05, 0) is 31.2 Å². The van der Waals surface area contributed by atoms with Crippen molar-refractivity contribution in [3.05, 3.63) is 30.1 Å². The maximum atomic E-state index is 12.9. The van der Waals surface area contributed by atoms with E-state index in [1.54, 1.807) is 23.9 Å². The molecule has 1 aromatic carbocycles. The predicted molar refractivity (Wildman–Crippen MR) is 68.8 cm³/mol. The molecule has 1 aliphatic heterocycles. The van der Waals surface area contributed by atoms with Crippen molar-refractivity contribution in [3.8, 4) is 0 Å². The number of anilines is 1. The fraction of sp³-hybridized carbons (Fsp3) is 0.417. The van der Waals surface area contributed by atoms with Crippen LogP contribution < -0.4 is 10.6 Å². The van der Waals surface area contributed by atoms with Crippen LogP contribution >= 0.6 is 11.8 Å². The van der Waals surface area contributed by atoms with Crippen LogP contribution in [0.4, 0.5) is 10.1 Å². The van der Waals surface area contributed by atoms with Crippen molar-refractivity contribution < 1.29 is 9.18 Å². The van der Waals surface area contributed by atoms with E-state index in [9.17, 15) is 9.18 Å². The first-order chi connectivity index (χ1) is 8.24. The third kappa shape index (κ3) is 4.02. The van der Waals surface area contributed by atoms with Gasteiger partial charge in [-0.2, -0.15) is 0 Å². The fourth-order valence-electron chi connectivity index (χ4n) is 1.73. The number of carbonyl (C=O) groups excluding carboxylic acids is 1. The summed E-state index contributed by atoms with van der Waals surface area (Å²) in [6.07, 6.45) is 1.11. The highest BCUT2D eigenvalue weighted by Crippen LogP contribution is 2.17. The van der Waals surface area contributed by atoms with Gasteiger partial charge in [0.25, 0.3) is 0 Å². The highest BCUT2D eigenvalue weighted by Gasteiger charge is 2.16. The highest BCUT2D eigenvalue weighted by molar-refractivity contribution is 8.00. The molecule has 0 saturated carbocycles. The molecule has 1 heterocycles. The summed E-state index contributed by atoms with van der Waals surface area (Å²) in [5, 5.41) is 6.46. The van der Waals surface area contributed by atoms with Gasteiger partial charge in [0.05, 0.1) is 5.75 Å². The van der Waals surface area contributed by atoms with Crippen LogP contribution in [0.15, 0.2) is 24.3 Å². The first kappa shape index (κ1) is 12.4. The van der Waals surface area contributed by atoms with Gasteiger partial charge >= 0.3 is 0 Å². The van der Waals surface area contributed by atoms with E-state index in [1.165, 1.54) is 12.1 Å². The number of nitrogens with one attached hydrogen (secondary N) is 2. The SMILES string of the molecule is O=C(CSC1CCNC1)Nc1cccc(F)c1. The molecule has 2 rings (SSSR count). The topological polar surface area (TPSA) is 41.1 Å². The summed E-state index contributed by atoms with van der Waals surface area (Å²) >= 11 is 1.65. The summed E-state index contributed by atoms with van der Waals surface area (Å²) in [6, 6.07) is 5.94. The molecule has 0 radical (unpaired) electrons. The monoisotopic (exact) mass is 254 g/mol. The molecular formula is C12H15FN2OS. The molecule has 1 aliphatic rings. The minimum absolute atomic E-state index is 0.0764. The molecule has 0 aromatic heterocycles. The van der Waals surface area contributed by atoms with Crippen molar-refractivity contribution in [2.24, 2.45) is 0 Å². The van der Waals surface area contributed by atoms with Gasteiger partial charge in [0, 0.05) is 17.5 Å². The Bertz CT molecular complexity index is 394. The van der Waals surface area contributed by atoms with Crippen molar-refractivity contribution in [2.75, 3.05) is 24.2 Å². The molecule has 0 bridgehead atoms. The molecule has 92 valence electrons. The zero-order valence-corrected chi connectivity index (χ0v) is 10.2. The van der Waals surface area contributed by atoms with Gasteiger partial charge in [-0.25, -0.2) is 4.39 Å². The van der Waals surface area contributed by atoms with E-state index in [4.69, 9.17) is 0 Å². The maximum absolute atomic E-state index is 12.9. The second-order valence-corrected chi connectivity index (χ2v) is 5.27. The largest absolute Gasteiger partial charge is 0.325 e. The van der Waals surface area contributed by atoms with E-state index in [0.29, 0.717) is 16.7 Å². The second-order valence-electron chi connectivity index (χ2n) is 3.98. The fourth-order valence-corrected chi connectivity index (χ4v) is 2.71. The van der Waals surface area contributed by atoms with Gasteiger partial charge < -0.3 is 10.6 Å². The van der Waals surface area contributed by atoms with Crippen molar-refractivity contribution >= 4 is 23.4 Å². The first-order valence-electron chi connectivity index (χ1n) is 5.62. The number of amides is 1. The second kappa shape index (κ2) is 6.02. The zero-order chi connectivity index (χ0) is 12.1. The average molecular weight is 254 g/mol. The lowest BCUT2D eigenvalue weighted by molar-refractivity contribution is -0.113. The first-order valence-corrected chi connectivity index (χ1v) is 6.66. The van der Waals surface area contributed by atoms with Crippen LogP contribution in [0.1, 0.15) is 6.42 Å². The molecule has 1 amide bonds. The van der Waals surface area contributed by atoms with Crippen LogP contribution in [0.25, 0.3) is 0 Å². The summed E-state index contributed by atoms with van der Waals surface area (Å²) in [5.74, 6) is 0.00557. The average Bonchev–Trinajstić information content (AvgIpc) is 2.79. The van der Waals surface area contributed by atoms with Crippen molar-refractivity contribution in [3.63, 3.8) is 0 Å². The standard InChI is InChI=1S/C12H15FN2OS/c13-9-2-1-3-10(6-9)15-12(16)8-17-11-4-5-14-7-11/h1-3,6,11,14H,4-5,7-8H2,(H,15,16). The normalized spacial score (nSPS) is 19.2. The summed E-state index contributed by atoms with van der Waals surface area (Å²) in [4.78, 5) is 11.6. The van der Waals surface area contributed by atoms with Crippen LogP contribution in [0, 0.1) is 5.82 Å². The number of thioether (sulfide) groups is 1. The van der Waals surface area contributed by atoms with Crippen molar-refractivity contribution in [1.29, 1.82) is 0 Å². The van der Waals surface area contributed by atoms with E-state index in [-0.39, 0.29) is 11.7 Å². The number of benzene rings is 1.